The van der Waals surface area contributed by atoms with Gasteiger partial charge in [0, 0.05) is 44.1 Å². The Hall–Kier alpha value is -3.41. The van der Waals surface area contributed by atoms with E-state index in [1.54, 1.807) is 18.0 Å². The van der Waals surface area contributed by atoms with Crippen molar-refractivity contribution in [3.05, 3.63) is 78.2 Å². The molecule has 0 atom stereocenters. The van der Waals surface area contributed by atoms with Gasteiger partial charge in [-0.05, 0) is 43.7 Å². The third-order valence-electron chi connectivity index (χ3n) is 4.76. The van der Waals surface area contributed by atoms with Crippen molar-refractivity contribution in [1.29, 1.82) is 0 Å². The molecule has 6 nitrogen and oxygen atoms in total. The molecule has 0 spiro atoms. The summed E-state index contributed by atoms with van der Waals surface area (Å²) in [6.07, 6.45) is 1.41. The molecule has 0 radical (unpaired) electrons. The zero-order valence-electron chi connectivity index (χ0n) is 17.2. The van der Waals surface area contributed by atoms with Crippen molar-refractivity contribution in [3.63, 3.8) is 0 Å². The highest BCUT2D eigenvalue weighted by atomic mass is 16.2. The van der Waals surface area contributed by atoms with Gasteiger partial charge in [0.25, 0.3) is 5.91 Å². The Labute approximate surface area is 172 Å². The maximum absolute atomic E-state index is 12.7. The highest BCUT2D eigenvalue weighted by Crippen LogP contribution is 2.20. The molecule has 0 aliphatic heterocycles. The summed E-state index contributed by atoms with van der Waals surface area (Å²) in [5.41, 5.74) is 3.53. The van der Waals surface area contributed by atoms with Crippen LogP contribution < -0.4 is 10.2 Å². The van der Waals surface area contributed by atoms with Crippen molar-refractivity contribution < 1.29 is 4.79 Å². The fraction of sp³-hybridized carbons (Fsp3) is 0.261. The lowest BCUT2D eigenvalue weighted by atomic mass is 10.2. The van der Waals surface area contributed by atoms with Crippen molar-refractivity contribution in [2.24, 2.45) is 0 Å². The molecule has 1 amide bonds. The predicted octanol–water partition coefficient (Wildman–Crippen LogP) is 4.34. The Morgan fingerprint density at radius 3 is 2.31 bits per heavy atom. The predicted molar refractivity (Wildman–Crippen MR) is 118 cm³/mol. The van der Waals surface area contributed by atoms with Gasteiger partial charge in [-0.1, -0.05) is 30.3 Å². The van der Waals surface area contributed by atoms with E-state index >= 15 is 0 Å². The van der Waals surface area contributed by atoms with Crippen molar-refractivity contribution in [2.45, 2.75) is 20.4 Å². The first-order valence-corrected chi connectivity index (χ1v) is 9.84. The summed E-state index contributed by atoms with van der Waals surface area (Å²) in [5, 5.41) is 3.25. The fourth-order valence-electron chi connectivity index (χ4n) is 3.16. The first kappa shape index (κ1) is 20.3. The number of carbonyl (C=O) groups excluding carboxylic acids is 1. The van der Waals surface area contributed by atoms with Gasteiger partial charge in [-0.3, -0.25) is 4.79 Å². The summed E-state index contributed by atoms with van der Waals surface area (Å²) >= 11 is 0. The number of rotatable bonds is 8. The monoisotopic (exact) mass is 389 g/mol. The van der Waals surface area contributed by atoms with E-state index < -0.39 is 0 Å². The van der Waals surface area contributed by atoms with Gasteiger partial charge < -0.3 is 15.1 Å². The second kappa shape index (κ2) is 9.68. The van der Waals surface area contributed by atoms with Gasteiger partial charge in [0.1, 0.15) is 17.8 Å². The van der Waals surface area contributed by atoms with Crippen LogP contribution in [0.1, 0.15) is 29.9 Å². The van der Waals surface area contributed by atoms with E-state index in [2.05, 4.69) is 46.2 Å². The lowest BCUT2D eigenvalue weighted by molar-refractivity contribution is 0.0779. The van der Waals surface area contributed by atoms with Crippen LogP contribution in [0, 0.1) is 0 Å². The van der Waals surface area contributed by atoms with Crippen LogP contribution in [0.2, 0.25) is 0 Å². The third-order valence-corrected chi connectivity index (χ3v) is 4.76. The molecular weight excluding hydrogens is 362 g/mol. The molecule has 3 aromatic rings. The first-order valence-electron chi connectivity index (χ1n) is 9.84. The van der Waals surface area contributed by atoms with Gasteiger partial charge in [0.05, 0.1) is 0 Å². The largest absolute Gasteiger partial charge is 0.372 e. The third kappa shape index (κ3) is 5.31. The zero-order chi connectivity index (χ0) is 20.6. The van der Waals surface area contributed by atoms with Crippen LogP contribution in [0.5, 0.6) is 0 Å². The first-order chi connectivity index (χ1) is 14.1. The van der Waals surface area contributed by atoms with E-state index in [9.17, 15) is 4.79 Å². The lowest BCUT2D eigenvalue weighted by Crippen LogP contribution is -2.27. The summed E-state index contributed by atoms with van der Waals surface area (Å²) in [6, 6.07) is 19.8. The fourth-order valence-corrected chi connectivity index (χ4v) is 3.16. The molecule has 0 fully saturated rings. The summed E-state index contributed by atoms with van der Waals surface area (Å²) in [7, 11) is 1.77. The van der Waals surface area contributed by atoms with E-state index in [4.69, 9.17) is 0 Å². The Kier molecular flexibility index (Phi) is 6.79. The quantitative estimate of drug-likeness (QED) is 0.621. The molecule has 0 unspecified atom stereocenters. The molecule has 150 valence electrons. The minimum Gasteiger partial charge on any atom is -0.372 e. The number of nitrogens with zero attached hydrogens (tertiary/aromatic N) is 4. The second-order valence-electron chi connectivity index (χ2n) is 6.78. The molecular formula is C23H27N5O. The van der Waals surface area contributed by atoms with Crippen molar-refractivity contribution in [2.75, 3.05) is 30.4 Å². The molecule has 1 N–H and O–H groups in total. The normalized spacial score (nSPS) is 10.4. The minimum absolute atomic E-state index is 0.142. The Balaban J connectivity index is 1.68. The van der Waals surface area contributed by atoms with Gasteiger partial charge in [-0.15, -0.1) is 0 Å². The lowest BCUT2D eigenvalue weighted by Gasteiger charge is -2.21. The van der Waals surface area contributed by atoms with E-state index in [0.29, 0.717) is 18.1 Å². The maximum Gasteiger partial charge on any atom is 0.272 e. The number of hydrogen-bond donors (Lipinski definition) is 1. The summed E-state index contributed by atoms with van der Waals surface area (Å²) in [5.74, 6) is 0.447. The summed E-state index contributed by atoms with van der Waals surface area (Å²) < 4.78 is 0. The van der Waals surface area contributed by atoms with Gasteiger partial charge >= 0.3 is 0 Å². The van der Waals surface area contributed by atoms with Gasteiger partial charge in [0.15, 0.2) is 0 Å². The van der Waals surface area contributed by atoms with E-state index in [0.717, 1.165) is 24.3 Å². The molecule has 2 aromatic carbocycles. The van der Waals surface area contributed by atoms with Crippen LogP contribution in [-0.2, 0) is 6.54 Å². The number of anilines is 3. The van der Waals surface area contributed by atoms with Crippen molar-refractivity contribution in [1.82, 2.24) is 14.9 Å². The molecule has 3 rings (SSSR count). The molecule has 6 heteroatoms. The molecule has 0 saturated heterocycles. The van der Waals surface area contributed by atoms with Crippen LogP contribution in [0.4, 0.5) is 17.2 Å². The molecule has 0 aliphatic carbocycles. The molecule has 0 aliphatic rings. The average molecular weight is 390 g/mol. The van der Waals surface area contributed by atoms with Gasteiger partial charge in [-0.25, -0.2) is 9.97 Å². The Morgan fingerprint density at radius 2 is 1.66 bits per heavy atom. The van der Waals surface area contributed by atoms with Crippen molar-refractivity contribution in [3.8, 4) is 0 Å². The van der Waals surface area contributed by atoms with E-state index in [-0.39, 0.29) is 5.91 Å². The van der Waals surface area contributed by atoms with Crippen LogP contribution in [0.25, 0.3) is 0 Å². The smallest absolute Gasteiger partial charge is 0.272 e. The van der Waals surface area contributed by atoms with Crippen LogP contribution >= 0.6 is 0 Å². The molecule has 1 heterocycles. The zero-order valence-corrected chi connectivity index (χ0v) is 17.2. The highest BCUT2D eigenvalue weighted by Gasteiger charge is 2.14. The number of carbonyl (C=O) groups is 1. The molecule has 0 bridgehead atoms. The highest BCUT2D eigenvalue weighted by molar-refractivity contribution is 5.92. The standard InChI is InChI=1S/C23H27N5O/c1-4-28(5-2)20-13-11-19(12-14-20)26-22-15-21(24-17-25-22)23(29)27(3)16-18-9-7-6-8-10-18/h6-15,17H,4-5,16H2,1-3H3,(H,24,25,26). The minimum atomic E-state index is -0.142. The molecule has 29 heavy (non-hydrogen) atoms. The number of nitrogens with one attached hydrogen (secondary N) is 1. The number of amides is 1. The SMILES string of the molecule is CCN(CC)c1ccc(Nc2cc(C(=O)N(C)Cc3ccccc3)ncn2)cc1. The summed E-state index contributed by atoms with van der Waals surface area (Å²) in [4.78, 5) is 25.1. The Morgan fingerprint density at radius 1 is 0.966 bits per heavy atom. The van der Waals surface area contributed by atoms with E-state index in [1.807, 2.05) is 42.5 Å². The maximum atomic E-state index is 12.7. The second-order valence-corrected chi connectivity index (χ2v) is 6.78. The Bertz CT molecular complexity index is 924. The number of aromatic nitrogens is 2. The number of hydrogen-bond acceptors (Lipinski definition) is 5. The van der Waals surface area contributed by atoms with Crippen LogP contribution in [0.15, 0.2) is 67.0 Å². The topological polar surface area (TPSA) is 61.4 Å². The van der Waals surface area contributed by atoms with Gasteiger partial charge in [-0.2, -0.15) is 0 Å². The van der Waals surface area contributed by atoms with Crippen LogP contribution in [0.3, 0.4) is 0 Å². The molecule has 1 aromatic heterocycles. The molecule has 0 saturated carbocycles. The van der Waals surface area contributed by atoms with Crippen LogP contribution in [-0.4, -0.2) is 40.9 Å². The van der Waals surface area contributed by atoms with Crippen molar-refractivity contribution >= 4 is 23.1 Å². The van der Waals surface area contributed by atoms with E-state index in [1.165, 1.54) is 12.0 Å². The number of benzene rings is 2. The summed E-state index contributed by atoms with van der Waals surface area (Å²) in [6.45, 7) is 6.75. The van der Waals surface area contributed by atoms with Gasteiger partial charge in [0.2, 0.25) is 0 Å². The average Bonchev–Trinajstić information content (AvgIpc) is 2.76.